The molecule has 7 nitrogen and oxygen atoms in total. The third kappa shape index (κ3) is 4.23. The second kappa shape index (κ2) is 8.34. The molecule has 0 spiro atoms. The molecule has 0 unspecified atom stereocenters. The van der Waals surface area contributed by atoms with Crippen LogP contribution in [0.2, 0.25) is 0 Å². The van der Waals surface area contributed by atoms with Gasteiger partial charge in [-0.3, -0.25) is 14.6 Å². The van der Waals surface area contributed by atoms with Gasteiger partial charge in [0.2, 0.25) is 5.91 Å². The van der Waals surface area contributed by atoms with Crippen LogP contribution < -0.4 is 10.2 Å². The highest BCUT2D eigenvalue weighted by Gasteiger charge is 2.20. The van der Waals surface area contributed by atoms with Crippen molar-refractivity contribution in [2.45, 2.75) is 13.3 Å². The van der Waals surface area contributed by atoms with Gasteiger partial charge in [0.15, 0.2) is 0 Å². The van der Waals surface area contributed by atoms with Crippen LogP contribution in [0.15, 0.2) is 55.0 Å². The number of carbonyl (C=O) groups is 2. The van der Waals surface area contributed by atoms with Crippen LogP contribution in [-0.2, 0) is 11.2 Å². The quantitative estimate of drug-likeness (QED) is 0.722. The van der Waals surface area contributed by atoms with Gasteiger partial charge in [0.1, 0.15) is 5.82 Å². The molecule has 0 radical (unpaired) electrons. The average Bonchev–Trinajstić information content (AvgIpc) is 3.17. The van der Waals surface area contributed by atoms with E-state index in [4.69, 9.17) is 0 Å². The van der Waals surface area contributed by atoms with E-state index in [2.05, 4.69) is 31.7 Å². The summed E-state index contributed by atoms with van der Waals surface area (Å²) in [4.78, 5) is 32.4. The number of fused-ring (bicyclic) bond motifs is 1. The number of pyridine rings is 2. The van der Waals surface area contributed by atoms with Gasteiger partial charge in [-0.2, -0.15) is 0 Å². The van der Waals surface area contributed by atoms with Crippen LogP contribution in [0.25, 0.3) is 5.52 Å². The lowest BCUT2D eigenvalue weighted by Crippen LogP contribution is -2.48. The number of nitrogens with zero attached hydrogens (tertiary/aromatic N) is 4. The minimum atomic E-state index is -0.0863. The number of hydrogen-bond donors (Lipinski definition) is 1. The van der Waals surface area contributed by atoms with E-state index in [1.54, 1.807) is 13.1 Å². The number of anilines is 1. The summed E-state index contributed by atoms with van der Waals surface area (Å²) in [5, 5.41) is 2.98. The number of piperazine rings is 1. The summed E-state index contributed by atoms with van der Waals surface area (Å²) in [6.07, 6.45) is 6.19. The van der Waals surface area contributed by atoms with Crippen molar-refractivity contribution in [3.05, 3.63) is 66.1 Å². The van der Waals surface area contributed by atoms with Gasteiger partial charge in [-0.05, 0) is 42.3 Å². The van der Waals surface area contributed by atoms with Crippen LogP contribution in [0.4, 0.5) is 5.82 Å². The van der Waals surface area contributed by atoms with E-state index >= 15 is 0 Å². The van der Waals surface area contributed by atoms with Gasteiger partial charge in [0.05, 0.1) is 5.56 Å². The van der Waals surface area contributed by atoms with Crippen LogP contribution in [0.1, 0.15) is 22.8 Å². The first-order valence-electron chi connectivity index (χ1n) is 9.90. The molecule has 3 aromatic heterocycles. The Hall–Kier alpha value is -3.35. The standard InChI is InChI=1S/C22H25N5O2/c1-17(28)25-11-13-26(14-12-25)21-7-6-20-5-4-19(16-27(20)21)22(29)24-10-8-18-3-2-9-23-15-18/h2-7,9,15-16H,8,10-14H2,1H3,(H,24,29). The first kappa shape index (κ1) is 19.0. The molecule has 1 N–H and O–H groups in total. The lowest BCUT2D eigenvalue weighted by molar-refractivity contribution is -0.129. The first-order chi connectivity index (χ1) is 14.1. The molecule has 1 saturated heterocycles. The zero-order valence-corrected chi connectivity index (χ0v) is 16.5. The van der Waals surface area contributed by atoms with Gasteiger partial charge in [-0.1, -0.05) is 6.07 Å². The van der Waals surface area contributed by atoms with Crippen molar-refractivity contribution in [1.29, 1.82) is 0 Å². The molecule has 3 aromatic rings. The van der Waals surface area contributed by atoms with E-state index in [9.17, 15) is 9.59 Å². The van der Waals surface area contributed by atoms with Gasteiger partial charge < -0.3 is 19.5 Å². The van der Waals surface area contributed by atoms with E-state index in [0.717, 1.165) is 49.5 Å². The molecule has 1 aliphatic rings. The summed E-state index contributed by atoms with van der Waals surface area (Å²) in [5.74, 6) is 1.08. The molecular weight excluding hydrogens is 366 g/mol. The Morgan fingerprint density at radius 3 is 2.59 bits per heavy atom. The zero-order chi connectivity index (χ0) is 20.2. The molecule has 0 atom stereocenters. The largest absolute Gasteiger partial charge is 0.354 e. The molecule has 4 rings (SSSR count). The molecule has 150 valence electrons. The Bertz CT molecular complexity index is 1010. The summed E-state index contributed by atoms with van der Waals surface area (Å²) in [5.41, 5.74) is 2.77. The summed E-state index contributed by atoms with van der Waals surface area (Å²) < 4.78 is 2.06. The molecule has 1 aliphatic heterocycles. The summed E-state index contributed by atoms with van der Waals surface area (Å²) >= 11 is 0. The van der Waals surface area contributed by atoms with Crippen molar-refractivity contribution < 1.29 is 9.59 Å². The molecule has 0 bridgehead atoms. The number of amides is 2. The highest BCUT2D eigenvalue weighted by molar-refractivity contribution is 5.94. The predicted molar refractivity (Wildman–Crippen MR) is 112 cm³/mol. The minimum absolute atomic E-state index is 0.0863. The van der Waals surface area contributed by atoms with E-state index < -0.39 is 0 Å². The monoisotopic (exact) mass is 391 g/mol. The van der Waals surface area contributed by atoms with Crippen LogP contribution in [0.5, 0.6) is 0 Å². The number of carbonyl (C=O) groups excluding carboxylic acids is 2. The molecule has 0 aliphatic carbocycles. The van der Waals surface area contributed by atoms with Gasteiger partial charge >= 0.3 is 0 Å². The summed E-state index contributed by atoms with van der Waals surface area (Å²) in [7, 11) is 0. The van der Waals surface area contributed by atoms with E-state index in [-0.39, 0.29) is 11.8 Å². The predicted octanol–water partition coefficient (Wildman–Crippen LogP) is 1.98. The zero-order valence-electron chi connectivity index (χ0n) is 16.5. The number of rotatable bonds is 5. The minimum Gasteiger partial charge on any atom is -0.354 e. The van der Waals surface area contributed by atoms with Crippen molar-refractivity contribution in [2.75, 3.05) is 37.6 Å². The van der Waals surface area contributed by atoms with Crippen LogP contribution >= 0.6 is 0 Å². The third-order valence-electron chi connectivity index (χ3n) is 5.36. The highest BCUT2D eigenvalue weighted by Crippen LogP contribution is 2.22. The normalized spacial score (nSPS) is 14.2. The molecular formula is C22H25N5O2. The maximum atomic E-state index is 12.6. The summed E-state index contributed by atoms with van der Waals surface area (Å²) in [6.45, 7) is 5.18. The van der Waals surface area contributed by atoms with Crippen molar-refractivity contribution >= 4 is 23.1 Å². The Morgan fingerprint density at radius 1 is 1.07 bits per heavy atom. The first-order valence-corrected chi connectivity index (χ1v) is 9.90. The topological polar surface area (TPSA) is 70.0 Å². The van der Waals surface area contributed by atoms with Crippen LogP contribution in [0, 0.1) is 0 Å². The SMILES string of the molecule is CC(=O)N1CCN(c2ccc3ccc(C(=O)NCCc4cccnc4)cn23)CC1. The smallest absolute Gasteiger partial charge is 0.252 e. The number of hydrogen-bond acceptors (Lipinski definition) is 4. The number of nitrogens with one attached hydrogen (secondary N) is 1. The molecule has 2 amide bonds. The molecule has 0 saturated carbocycles. The van der Waals surface area contributed by atoms with Crippen molar-refractivity contribution in [1.82, 2.24) is 19.6 Å². The van der Waals surface area contributed by atoms with E-state index in [1.165, 1.54) is 0 Å². The molecule has 0 aromatic carbocycles. The van der Waals surface area contributed by atoms with Crippen LogP contribution in [0.3, 0.4) is 0 Å². The molecule has 4 heterocycles. The van der Waals surface area contributed by atoms with Gasteiger partial charge in [0, 0.05) is 63.8 Å². The lowest BCUT2D eigenvalue weighted by atomic mass is 10.2. The fraction of sp³-hybridized carbons (Fsp3) is 0.318. The fourth-order valence-corrected chi connectivity index (χ4v) is 3.70. The van der Waals surface area contributed by atoms with E-state index in [1.807, 2.05) is 41.6 Å². The van der Waals surface area contributed by atoms with Gasteiger partial charge in [0.25, 0.3) is 5.91 Å². The molecule has 1 fully saturated rings. The maximum absolute atomic E-state index is 12.6. The van der Waals surface area contributed by atoms with Gasteiger partial charge in [-0.25, -0.2) is 0 Å². The van der Waals surface area contributed by atoms with Crippen LogP contribution in [-0.4, -0.2) is 58.8 Å². The Balaban J connectivity index is 1.44. The second-order valence-electron chi connectivity index (χ2n) is 7.26. The molecule has 7 heteroatoms. The Morgan fingerprint density at radius 2 is 1.86 bits per heavy atom. The highest BCUT2D eigenvalue weighted by atomic mass is 16.2. The Labute approximate surface area is 169 Å². The van der Waals surface area contributed by atoms with Crippen molar-refractivity contribution in [3.63, 3.8) is 0 Å². The van der Waals surface area contributed by atoms with Gasteiger partial charge in [-0.15, -0.1) is 0 Å². The fourth-order valence-electron chi connectivity index (χ4n) is 3.70. The summed E-state index contributed by atoms with van der Waals surface area (Å²) in [6, 6.07) is 11.8. The van der Waals surface area contributed by atoms with E-state index in [0.29, 0.717) is 12.1 Å². The van der Waals surface area contributed by atoms with Crippen molar-refractivity contribution in [3.8, 4) is 0 Å². The number of aromatic nitrogens is 2. The third-order valence-corrected chi connectivity index (χ3v) is 5.36. The Kier molecular flexibility index (Phi) is 5.46. The lowest BCUT2D eigenvalue weighted by Gasteiger charge is -2.35. The maximum Gasteiger partial charge on any atom is 0.252 e. The average molecular weight is 391 g/mol. The van der Waals surface area contributed by atoms with Crippen molar-refractivity contribution in [2.24, 2.45) is 0 Å². The second-order valence-corrected chi connectivity index (χ2v) is 7.26. The molecule has 29 heavy (non-hydrogen) atoms.